The zero-order valence-electron chi connectivity index (χ0n) is 13.7. The van der Waals surface area contributed by atoms with Crippen LogP contribution < -0.4 is 0 Å². The number of benzene rings is 2. The Morgan fingerprint density at radius 3 is 1.83 bits per heavy atom. The number of phosphoric acid groups is 1. The molecule has 2 aromatic carbocycles. The third kappa shape index (κ3) is 6.60. The van der Waals surface area contributed by atoms with Crippen LogP contribution in [-0.4, -0.2) is 0 Å². The van der Waals surface area contributed by atoms with Crippen LogP contribution in [0.5, 0.6) is 0 Å². The summed E-state index contributed by atoms with van der Waals surface area (Å²) >= 11 is 0. The number of unbranched alkanes of at least 4 members (excludes halogenated alkanes) is 1. The van der Waals surface area contributed by atoms with E-state index in [-0.39, 0.29) is 13.2 Å². The second-order valence-electron chi connectivity index (χ2n) is 5.09. The summed E-state index contributed by atoms with van der Waals surface area (Å²) in [7, 11) is -3.76. The van der Waals surface area contributed by atoms with Gasteiger partial charge in [0.25, 0.3) is 0 Å². The van der Waals surface area contributed by atoms with Crippen molar-refractivity contribution in [3.8, 4) is 12.0 Å². The van der Waals surface area contributed by atoms with Gasteiger partial charge in [-0.25, -0.2) is 4.57 Å². The monoisotopic (exact) mass is 344 g/mol. The van der Waals surface area contributed by atoms with Crippen LogP contribution in [0.15, 0.2) is 60.7 Å². The minimum atomic E-state index is -3.76. The molecule has 0 atom stereocenters. The van der Waals surface area contributed by atoms with Gasteiger partial charge in [0, 0.05) is 6.42 Å². The Hall–Kier alpha value is -2.05. The smallest absolute Gasteiger partial charge is 0.350 e. The molecule has 0 bridgehead atoms. The van der Waals surface area contributed by atoms with Crippen LogP contribution in [0.1, 0.15) is 30.9 Å². The summed E-state index contributed by atoms with van der Waals surface area (Å²) in [5.41, 5.74) is 1.76. The molecular formula is C19H21O4P. The highest BCUT2D eigenvalue weighted by Crippen LogP contribution is 2.50. The second kappa shape index (κ2) is 9.95. The summed E-state index contributed by atoms with van der Waals surface area (Å²) in [6, 6.07) is 18.9. The van der Waals surface area contributed by atoms with Gasteiger partial charge in [-0.3, -0.25) is 9.05 Å². The van der Waals surface area contributed by atoms with Crippen molar-refractivity contribution in [3.05, 3.63) is 71.8 Å². The Morgan fingerprint density at radius 2 is 1.38 bits per heavy atom. The fourth-order valence-electron chi connectivity index (χ4n) is 1.81. The second-order valence-corrected chi connectivity index (χ2v) is 6.68. The average molecular weight is 344 g/mol. The lowest BCUT2D eigenvalue weighted by molar-refractivity contribution is 0.135. The minimum absolute atomic E-state index is 0.127. The molecule has 0 aliphatic heterocycles. The summed E-state index contributed by atoms with van der Waals surface area (Å²) in [4.78, 5) is 0. The average Bonchev–Trinajstić information content (AvgIpc) is 2.64. The summed E-state index contributed by atoms with van der Waals surface area (Å²) in [5.74, 6) is 2.78. The Labute approximate surface area is 143 Å². The SMILES string of the molecule is CCCC#COP(=O)(OCc1ccccc1)OCc1ccccc1. The molecule has 2 aromatic rings. The number of hydrogen-bond donors (Lipinski definition) is 0. The van der Waals surface area contributed by atoms with Crippen molar-refractivity contribution < 1.29 is 18.1 Å². The Balaban J connectivity index is 2.00. The molecule has 0 aromatic heterocycles. The first kappa shape index (κ1) is 18.3. The lowest BCUT2D eigenvalue weighted by Gasteiger charge is -2.15. The van der Waals surface area contributed by atoms with Gasteiger partial charge in [0.1, 0.15) is 6.11 Å². The van der Waals surface area contributed by atoms with Crippen LogP contribution in [0.2, 0.25) is 0 Å². The highest BCUT2D eigenvalue weighted by Gasteiger charge is 2.28. The fourth-order valence-corrected chi connectivity index (χ4v) is 2.78. The highest BCUT2D eigenvalue weighted by molar-refractivity contribution is 7.48. The van der Waals surface area contributed by atoms with Crippen LogP contribution in [0, 0.1) is 12.0 Å². The third-order valence-corrected chi connectivity index (χ3v) is 4.27. The zero-order chi connectivity index (χ0) is 17.1. The van der Waals surface area contributed by atoms with Crippen molar-refractivity contribution in [1.29, 1.82) is 0 Å². The molecule has 0 amide bonds. The Kier molecular flexibility index (Phi) is 7.58. The van der Waals surface area contributed by atoms with E-state index in [2.05, 4.69) is 12.0 Å². The largest absolute Gasteiger partial charge is 0.539 e. The van der Waals surface area contributed by atoms with Crippen molar-refractivity contribution in [2.75, 3.05) is 0 Å². The van der Waals surface area contributed by atoms with Crippen molar-refractivity contribution in [1.82, 2.24) is 0 Å². The molecule has 4 nitrogen and oxygen atoms in total. The maximum Gasteiger partial charge on any atom is 0.539 e. The molecule has 0 aliphatic rings. The quantitative estimate of drug-likeness (QED) is 0.481. The van der Waals surface area contributed by atoms with E-state index < -0.39 is 7.82 Å². The van der Waals surface area contributed by atoms with Crippen LogP contribution in [0.25, 0.3) is 0 Å². The van der Waals surface area contributed by atoms with Crippen LogP contribution in [-0.2, 0) is 31.4 Å². The molecular weight excluding hydrogens is 323 g/mol. The molecule has 0 fully saturated rings. The van der Waals surface area contributed by atoms with Crippen molar-refractivity contribution in [3.63, 3.8) is 0 Å². The zero-order valence-corrected chi connectivity index (χ0v) is 14.6. The molecule has 2 rings (SSSR count). The van der Waals surface area contributed by atoms with E-state index in [9.17, 15) is 4.57 Å². The van der Waals surface area contributed by atoms with E-state index in [0.717, 1.165) is 17.5 Å². The van der Waals surface area contributed by atoms with Crippen LogP contribution in [0.4, 0.5) is 0 Å². The Bertz CT molecular complexity index is 657. The van der Waals surface area contributed by atoms with Gasteiger partial charge in [0.05, 0.1) is 13.2 Å². The van der Waals surface area contributed by atoms with Crippen molar-refractivity contribution in [2.45, 2.75) is 33.0 Å². The van der Waals surface area contributed by atoms with Gasteiger partial charge in [-0.1, -0.05) is 73.5 Å². The molecule has 0 aliphatic carbocycles. The molecule has 24 heavy (non-hydrogen) atoms. The van der Waals surface area contributed by atoms with E-state index in [0.29, 0.717) is 6.42 Å². The van der Waals surface area contributed by atoms with Gasteiger partial charge in [0.15, 0.2) is 0 Å². The number of rotatable bonds is 8. The first-order valence-electron chi connectivity index (χ1n) is 7.85. The fraction of sp³-hybridized carbons (Fsp3) is 0.263. The van der Waals surface area contributed by atoms with Gasteiger partial charge in [-0.05, 0) is 17.5 Å². The first-order valence-corrected chi connectivity index (χ1v) is 9.31. The molecule has 0 N–H and O–H groups in total. The third-order valence-electron chi connectivity index (χ3n) is 3.07. The summed E-state index contributed by atoms with van der Waals surface area (Å²) in [6.45, 7) is 2.26. The summed E-state index contributed by atoms with van der Waals surface area (Å²) < 4.78 is 28.7. The van der Waals surface area contributed by atoms with Gasteiger partial charge in [-0.2, -0.15) is 0 Å². The van der Waals surface area contributed by atoms with Gasteiger partial charge >= 0.3 is 7.82 Å². The predicted molar refractivity (Wildman–Crippen MR) is 93.8 cm³/mol. The van der Waals surface area contributed by atoms with E-state index >= 15 is 0 Å². The van der Waals surface area contributed by atoms with Crippen molar-refractivity contribution in [2.24, 2.45) is 0 Å². The normalized spacial score (nSPS) is 10.7. The van der Waals surface area contributed by atoms with Crippen LogP contribution in [0.3, 0.4) is 0 Å². The standard InChI is InChI=1S/C19H21O4P/c1-2-3-10-15-21-24(20,22-16-18-11-6-4-7-12-18)23-17-19-13-8-5-9-14-19/h4-9,11-14H,2-3,16-17H2,1H3. The number of hydrogen-bond acceptors (Lipinski definition) is 4. The van der Waals surface area contributed by atoms with Crippen LogP contribution >= 0.6 is 7.82 Å². The molecule has 0 radical (unpaired) electrons. The topological polar surface area (TPSA) is 44.8 Å². The number of phosphoric ester groups is 1. The predicted octanol–water partition coefficient (Wildman–Crippen LogP) is 5.31. The lowest BCUT2D eigenvalue weighted by atomic mass is 10.2. The summed E-state index contributed by atoms with van der Waals surface area (Å²) in [6.07, 6.45) is 4.00. The van der Waals surface area contributed by atoms with E-state index in [1.807, 2.05) is 67.6 Å². The minimum Gasteiger partial charge on any atom is -0.350 e. The molecule has 126 valence electrons. The molecule has 0 heterocycles. The highest BCUT2D eigenvalue weighted by atomic mass is 31.2. The first-order chi connectivity index (χ1) is 11.7. The molecule has 0 saturated carbocycles. The van der Waals surface area contributed by atoms with Gasteiger partial charge < -0.3 is 4.52 Å². The van der Waals surface area contributed by atoms with Gasteiger partial charge in [-0.15, -0.1) is 0 Å². The molecule has 0 saturated heterocycles. The summed E-state index contributed by atoms with van der Waals surface area (Å²) in [5, 5.41) is 0. The van der Waals surface area contributed by atoms with Crippen molar-refractivity contribution >= 4 is 7.82 Å². The van der Waals surface area contributed by atoms with Gasteiger partial charge in [0.2, 0.25) is 0 Å². The van der Waals surface area contributed by atoms with E-state index in [4.69, 9.17) is 13.6 Å². The Morgan fingerprint density at radius 1 is 0.875 bits per heavy atom. The maximum absolute atomic E-state index is 12.8. The van der Waals surface area contributed by atoms with E-state index in [1.165, 1.54) is 0 Å². The lowest BCUT2D eigenvalue weighted by Crippen LogP contribution is -1.99. The molecule has 0 unspecified atom stereocenters. The van der Waals surface area contributed by atoms with E-state index in [1.54, 1.807) is 0 Å². The maximum atomic E-state index is 12.8. The molecule has 5 heteroatoms. The molecule has 0 spiro atoms.